The van der Waals surface area contributed by atoms with Gasteiger partial charge in [0.25, 0.3) is 0 Å². The van der Waals surface area contributed by atoms with Crippen LogP contribution in [0.15, 0.2) is 224 Å². The molecule has 2 aliphatic carbocycles. The smallest absolute Gasteiger partial charge is 0.0714 e. The number of rotatable bonds is 7. The maximum atomic E-state index is 2.52. The molecule has 0 saturated heterocycles. The van der Waals surface area contributed by atoms with E-state index in [-0.39, 0.29) is 5.41 Å². The maximum Gasteiger partial charge on any atom is 0.0714 e. The lowest BCUT2D eigenvalue weighted by atomic mass is 9.68. The molecule has 1 nitrogen and oxygen atoms in total. The van der Waals surface area contributed by atoms with Gasteiger partial charge in [0, 0.05) is 22.4 Å². The molecule has 280 valence electrons. The van der Waals surface area contributed by atoms with Crippen molar-refractivity contribution in [1.82, 2.24) is 0 Å². The second-order valence-electron chi connectivity index (χ2n) is 16.4. The lowest BCUT2D eigenvalue weighted by molar-refractivity contribution is 0.662. The van der Waals surface area contributed by atoms with Crippen LogP contribution < -0.4 is 4.90 Å². The third-order valence-corrected chi connectivity index (χ3v) is 12.9. The van der Waals surface area contributed by atoms with Crippen molar-refractivity contribution in [3.05, 3.63) is 258 Å². The Morgan fingerprint density at radius 2 is 0.831 bits per heavy atom. The molecule has 11 rings (SSSR count). The minimum Gasteiger partial charge on any atom is -0.310 e. The average Bonchev–Trinajstić information content (AvgIpc) is 3.74. The third kappa shape index (κ3) is 5.31. The van der Waals surface area contributed by atoms with Crippen LogP contribution in [0.2, 0.25) is 0 Å². The fourth-order valence-electron chi connectivity index (χ4n) is 10.4. The van der Waals surface area contributed by atoms with Gasteiger partial charge in [0.1, 0.15) is 0 Å². The van der Waals surface area contributed by atoms with Gasteiger partial charge in [-0.1, -0.05) is 208 Å². The predicted octanol–water partition coefficient (Wildman–Crippen LogP) is 15.2. The highest BCUT2D eigenvalue weighted by Crippen LogP contribution is 2.60. The number of fused-ring (bicyclic) bond motifs is 6. The quantitative estimate of drug-likeness (QED) is 0.157. The first-order valence-corrected chi connectivity index (χ1v) is 20.7. The summed E-state index contributed by atoms with van der Waals surface area (Å²) in [5.74, 6) is 0. The maximum absolute atomic E-state index is 2.52. The number of nitrogens with zero attached hydrogens (tertiary/aromatic N) is 1. The second-order valence-corrected chi connectivity index (χ2v) is 16.4. The van der Waals surface area contributed by atoms with E-state index in [9.17, 15) is 0 Å². The minimum absolute atomic E-state index is 0.171. The van der Waals surface area contributed by atoms with Crippen LogP contribution in [-0.2, 0) is 10.8 Å². The van der Waals surface area contributed by atoms with Crippen molar-refractivity contribution in [1.29, 1.82) is 0 Å². The highest BCUT2D eigenvalue weighted by Gasteiger charge is 2.47. The molecule has 1 heteroatoms. The lowest BCUT2D eigenvalue weighted by Gasteiger charge is -2.34. The second kappa shape index (κ2) is 13.7. The van der Waals surface area contributed by atoms with Crippen molar-refractivity contribution in [3.8, 4) is 44.5 Å². The molecule has 0 aromatic heterocycles. The fraction of sp³-hybridized carbons (Fsp3) is 0.0690. The van der Waals surface area contributed by atoms with Gasteiger partial charge in [0.15, 0.2) is 0 Å². The zero-order valence-electron chi connectivity index (χ0n) is 33.3. The van der Waals surface area contributed by atoms with E-state index < -0.39 is 5.41 Å². The molecule has 9 aromatic carbocycles. The molecule has 0 atom stereocenters. The molecule has 0 N–H and O–H groups in total. The van der Waals surface area contributed by atoms with Crippen molar-refractivity contribution in [2.75, 3.05) is 4.90 Å². The molecular weight excluding hydrogens is 711 g/mol. The standard InChI is InChI=1S/C58H43N/c1-57(2)51-30-17-15-28-47(51)50-39-46(38-49(56(50)57)42-22-9-4-10-23-42)59(45-36-34-41(35-37-45)40-20-7-3-8-21-40)54-33-19-32-53-55(54)48-29-16-18-31-52(48)58(53,43-24-11-5-12-25-43)44-26-13-6-14-27-44/h3-39H,1-2H3. The van der Waals surface area contributed by atoms with Crippen molar-refractivity contribution < 1.29 is 0 Å². The van der Waals surface area contributed by atoms with Gasteiger partial charge in [-0.05, 0) is 103 Å². The number of anilines is 3. The Bertz CT molecular complexity index is 2940. The zero-order chi connectivity index (χ0) is 39.6. The molecule has 0 unspecified atom stereocenters. The predicted molar refractivity (Wildman–Crippen MR) is 247 cm³/mol. The molecule has 0 radical (unpaired) electrons. The molecule has 0 heterocycles. The van der Waals surface area contributed by atoms with E-state index in [1.165, 1.54) is 77.9 Å². The summed E-state index contributed by atoms with van der Waals surface area (Å²) in [5.41, 5.74) is 20.6. The Morgan fingerprint density at radius 1 is 0.339 bits per heavy atom. The van der Waals surface area contributed by atoms with E-state index in [4.69, 9.17) is 0 Å². The molecule has 0 bridgehead atoms. The van der Waals surface area contributed by atoms with Crippen LogP contribution in [0.25, 0.3) is 44.5 Å². The monoisotopic (exact) mass is 753 g/mol. The largest absolute Gasteiger partial charge is 0.310 e. The molecule has 59 heavy (non-hydrogen) atoms. The van der Waals surface area contributed by atoms with Gasteiger partial charge in [-0.15, -0.1) is 0 Å². The number of benzene rings is 9. The molecule has 9 aromatic rings. The number of hydrogen-bond donors (Lipinski definition) is 0. The van der Waals surface area contributed by atoms with Crippen molar-refractivity contribution in [2.45, 2.75) is 24.7 Å². The summed E-state index contributed by atoms with van der Waals surface area (Å²) in [6.45, 7) is 4.77. The molecule has 0 aliphatic heterocycles. The average molecular weight is 754 g/mol. The normalized spacial score (nSPS) is 13.9. The van der Waals surface area contributed by atoms with E-state index in [0.29, 0.717) is 0 Å². The van der Waals surface area contributed by atoms with E-state index in [1.807, 2.05) is 0 Å². The van der Waals surface area contributed by atoms with Crippen molar-refractivity contribution >= 4 is 17.1 Å². The van der Waals surface area contributed by atoms with Gasteiger partial charge < -0.3 is 4.90 Å². The topological polar surface area (TPSA) is 3.24 Å². The van der Waals surface area contributed by atoms with Crippen molar-refractivity contribution in [3.63, 3.8) is 0 Å². The summed E-state index contributed by atoms with van der Waals surface area (Å²) < 4.78 is 0. The first-order chi connectivity index (χ1) is 29.0. The van der Waals surface area contributed by atoms with Gasteiger partial charge in [-0.3, -0.25) is 0 Å². The summed E-state index contributed by atoms with van der Waals surface area (Å²) in [4.78, 5) is 2.52. The van der Waals surface area contributed by atoms with Crippen molar-refractivity contribution in [2.24, 2.45) is 0 Å². The fourth-order valence-corrected chi connectivity index (χ4v) is 10.4. The molecule has 2 aliphatic rings. The highest BCUT2D eigenvalue weighted by atomic mass is 15.1. The van der Waals surface area contributed by atoms with Crippen LogP contribution in [-0.4, -0.2) is 0 Å². The molecule has 0 fully saturated rings. The molecular formula is C58H43N. The number of hydrogen-bond acceptors (Lipinski definition) is 1. The van der Waals surface area contributed by atoms with Crippen LogP contribution >= 0.6 is 0 Å². The summed E-state index contributed by atoms with van der Waals surface area (Å²) in [6, 6.07) is 83.0. The van der Waals surface area contributed by atoms with Gasteiger partial charge >= 0.3 is 0 Å². The highest BCUT2D eigenvalue weighted by molar-refractivity contribution is 6.00. The van der Waals surface area contributed by atoms with Crippen LogP contribution in [0.3, 0.4) is 0 Å². The molecule has 0 amide bonds. The minimum atomic E-state index is -0.511. The summed E-state index contributed by atoms with van der Waals surface area (Å²) in [6.07, 6.45) is 0. The van der Waals surface area contributed by atoms with Crippen LogP contribution in [0.4, 0.5) is 17.1 Å². The first-order valence-electron chi connectivity index (χ1n) is 20.7. The van der Waals surface area contributed by atoms with E-state index >= 15 is 0 Å². The Morgan fingerprint density at radius 3 is 1.47 bits per heavy atom. The Balaban J connectivity index is 1.23. The molecule has 0 spiro atoms. The van der Waals surface area contributed by atoms with E-state index in [1.54, 1.807) is 0 Å². The van der Waals surface area contributed by atoms with E-state index in [0.717, 1.165) is 17.1 Å². The van der Waals surface area contributed by atoms with Crippen LogP contribution in [0, 0.1) is 0 Å². The Hall–Kier alpha value is -7.22. The van der Waals surface area contributed by atoms with Gasteiger partial charge in [-0.2, -0.15) is 0 Å². The summed E-state index contributed by atoms with van der Waals surface area (Å²) in [7, 11) is 0. The van der Waals surface area contributed by atoms with Gasteiger partial charge in [0.05, 0.1) is 11.1 Å². The zero-order valence-corrected chi connectivity index (χ0v) is 33.3. The third-order valence-electron chi connectivity index (χ3n) is 12.9. The van der Waals surface area contributed by atoms with E-state index in [2.05, 4.69) is 243 Å². The van der Waals surface area contributed by atoms with Crippen LogP contribution in [0.1, 0.15) is 47.2 Å². The first kappa shape index (κ1) is 35.0. The Labute approximate surface area is 347 Å². The SMILES string of the molecule is CC1(C)c2ccccc2-c2cc(N(c3ccc(-c4ccccc4)cc3)c3cccc4c3-c3ccccc3C4(c3ccccc3)c3ccccc3)cc(-c3ccccc3)c21. The van der Waals surface area contributed by atoms with Gasteiger partial charge in [0.2, 0.25) is 0 Å². The summed E-state index contributed by atoms with van der Waals surface area (Å²) >= 11 is 0. The lowest BCUT2D eigenvalue weighted by Crippen LogP contribution is -2.28. The van der Waals surface area contributed by atoms with Crippen LogP contribution in [0.5, 0.6) is 0 Å². The molecule has 0 saturated carbocycles. The summed E-state index contributed by atoms with van der Waals surface area (Å²) in [5, 5.41) is 0. The Kier molecular flexibility index (Phi) is 8.13. The van der Waals surface area contributed by atoms with Gasteiger partial charge in [-0.25, -0.2) is 0 Å².